The lowest BCUT2D eigenvalue weighted by Gasteiger charge is -2.09. The van der Waals surface area contributed by atoms with Gasteiger partial charge in [0, 0.05) is 11.3 Å². The number of ketones is 1. The number of allylic oxidation sites excluding steroid dienone is 1. The Hall–Kier alpha value is -1.58. The van der Waals surface area contributed by atoms with Crippen LogP contribution in [0.1, 0.15) is 31.0 Å². The van der Waals surface area contributed by atoms with Crippen LogP contribution in [-0.2, 0) is 11.2 Å². The average Bonchev–Trinajstić information content (AvgIpc) is 2.22. The Morgan fingerprint density at radius 3 is 2.75 bits per heavy atom. The molecule has 0 unspecified atom stereocenters. The van der Waals surface area contributed by atoms with Crippen LogP contribution in [-0.4, -0.2) is 18.6 Å². The Kier molecular flexibility index (Phi) is 3.88. The Bertz CT molecular complexity index is 474. The molecule has 1 aromatic rings. The molecule has 0 saturated carbocycles. The highest BCUT2D eigenvalue weighted by Crippen LogP contribution is 2.07. The fourth-order valence-electron chi connectivity index (χ4n) is 1.42. The highest BCUT2D eigenvalue weighted by atomic mass is 16.1. The summed E-state index contributed by atoms with van der Waals surface area (Å²) in [6.45, 7) is 7.20. The molecule has 1 aromatic heterocycles. The van der Waals surface area contributed by atoms with E-state index in [0.29, 0.717) is 16.7 Å². The maximum absolute atomic E-state index is 11.7. The molecule has 0 fully saturated rings. The van der Waals surface area contributed by atoms with E-state index < -0.39 is 0 Å². The van der Waals surface area contributed by atoms with Gasteiger partial charge in [-0.2, -0.15) is 0 Å². The van der Waals surface area contributed by atoms with Crippen LogP contribution in [0, 0.1) is 0 Å². The molecule has 0 aliphatic rings. The van der Waals surface area contributed by atoms with Gasteiger partial charge in [-0.3, -0.25) is 9.59 Å². The number of hydrogen-bond acceptors (Lipinski definition) is 2. The summed E-state index contributed by atoms with van der Waals surface area (Å²) in [6.07, 6.45) is 1.30. The standard InChI is InChI=1S/C12H14BNO2/c1-4-8(15)5-11-10(13)6-9(7(2)3)12(16)14-11/h4,6-7H,1,5H2,2-3H3,(H,14,16). The minimum Gasteiger partial charge on any atom is -0.326 e. The monoisotopic (exact) mass is 215 g/mol. The first-order chi connectivity index (χ1) is 7.45. The molecule has 1 N–H and O–H groups in total. The smallest absolute Gasteiger partial charge is 0.251 e. The zero-order valence-corrected chi connectivity index (χ0v) is 9.54. The van der Waals surface area contributed by atoms with Crippen molar-refractivity contribution in [1.82, 2.24) is 4.98 Å². The summed E-state index contributed by atoms with van der Waals surface area (Å²) in [7, 11) is 5.77. The van der Waals surface area contributed by atoms with Gasteiger partial charge < -0.3 is 4.98 Å². The molecule has 1 heterocycles. The zero-order valence-electron chi connectivity index (χ0n) is 9.54. The Balaban J connectivity index is 3.15. The second-order valence-corrected chi connectivity index (χ2v) is 3.99. The molecule has 1 rings (SSSR count). The fourth-order valence-corrected chi connectivity index (χ4v) is 1.42. The molecule has 0 atom stereocenters. The van der Waals surface area contributed by atoms with E-state index in [4.69, 9.17) is 7.85 Å². The van der Waals surface area contributed by atoms with Crippen LogP contribution in [0.15, 0.2) is 23.5 Å². The minimum atomic E-state index is -0.184. The van der Waals surface area contributed by atoms with E-state index in [0.717, 1.165) is 0 Å². The Morgan fingerprint density at radius 1 is 1.62 bits per heavy atom. The predicted molar refractivity (Wildman–Crippen MR) is 65.4 cm³/mol. The van der Waals surface area contributed by atoms with Crippen molar-refractivity contribution in [2.45, 2.75) is 26.2 Å². The predicted octanol–water partition coefficient (Wildman–Crippen LogP) is 0.590. The molecular formula is C12H14BNO2. The summed E-state index contributed by atoms with van der Waals surface area (Å²) in [5.74, 6) is -0.0603. The van der Waals surface area contributed by atoms with Gasteiger partial charge in [0.1, 0.15) is 7.85 Å². The molecule has 0 bridgehead atoms. The van der Waals surface area contributed by atoms with Gasteiger partial charge in [0.25, 0.3) is 5.56 Å². The van der Waals surface area contributed by atoms with Crippen LogP contribution < -0.4 is 11.0 Å². The van der Waals surface area contributed by atoms with E-state index in [-0.39, 0.29) is 23.7 Å². The average molecular weight is 215 g/mol. The lowest BCUT2D eigenvalue weighted by molar-refractivity contribution is -0.114. The van der Waals surface area contributed by atoms with E-state index in [9.17, 15) is 9.59 Å². The number of pyridine rings is 1. The lowest BCUT2D eigenvalue weighted by atomic mass is 9.89. The number of aromatic amines is 1. The van der Waals surface area contributed by atoms with E-state index in [2.05, 4.69) is 11.6 Å². The minimum absolute atomic E-state index is 0.0863. The van der Waals surface area contributed by atoms with Gasteiger partial charge in [-0.25, -0.2) is 0 Å². The van der Waals surface area contributed by atoms with Crippen molar-refractivity contribution < 1.29 is 4.79 Å². The molecule has 0 saturated heterocycles. The third-order valence-electron chi connectivity index (χ3n) is 2.39. The molecule has 2 radical (unpaired) electrons. The molecule has 82 valence electrons. The van der Waals surface area contributed by atoms with E-state index in [1.165, 1.54) is 6.08 Å². The van der Waals surface area contributed by atoms with Crippen molar-refractivity contribution in [3.05, 3.63) is 40.3 Å². The lowest BCUT2D eigenvalue weighted by Crippen LogP contribution is -2.26. The molecule has 0 aliphatic carbocycles. The van der Waals surface area contributed by atoms with Gasteiger partial charge in [0.05, 0.1) is 6.42 Å². The summed E-state index contributed by atoms with van der Waals surface area (Å²) in [6, 6.07) is 1.63. The number of aromatic nitrogens is 1. The van der Waals surface area contributed by atoms with Crippen LogP contribution in [0.2, 0.25) is 0 Å². The van der Waals surface area contributed by atoms with E-state index in [1.54, 1.807) is 6.07 Å². The second-order valence-electron chi connectivity index (χ2n) is 3.99. The largest absolute Gasteiger partial charge is 0.326 e. The third-order valence-corrected chi connectivity index (χ3v) is 2.39. The summed E-state index contributed by atoms with van der Waals surface area (Å²) >= 11 is 0. The van der Waals surface area contributed by atoms with Crippen molar-refractivity contribution >= 4 is 19.1 Å². The molecular weight excluding hydrogens is 201 g/mol. The molecule has 0 amide bonds. The number of nitrogens with one attached hydrogen (secondary N) is 1. The molecule has 0 aromatic carbocycles. The van der Waals surface area contributed by atoms with Crippen LogP contribution in [0.5, 0.6) is 0 Å². The maximum Gasteiger partial charge on any atom is 0.251 e. The van der Waals surface area contributed by atoms with E-state index in [1.807, 2.05) is 13.8 Å². The van der Waals surface area contributed by atoms with Crippen molar-refractivity contribution in [3.63, 3.8) is 0 Å². The molecule has 3 nitrogen and oxygen atoms in total. The van der Waals surface area contributed by atoms with Gasteiger partial charge in [-0.1, -0.05) is 32.0 Å². The SMILES string of the molecule is [B]c1cc(C(C)C)c(=O)[nH]c1CC(=O)C=C. The maximum atomic E-state index is 11.7. The highest BCUT2D eigenvalue weighted by molar-refractivity contribution is 6.33. The fraction of sp³-hybridized carbons (Fsp3) is 0.333. The first-order valence-electron chi connectivity index (χ1n) is 5.12. The first-order valence-corrected chi connectivity index (χ1v) is 5.12. The highest BCUT2D eigenvalue weighted by Gasteiger charge is 2.09. The number of carbonyl (C=O) groups is 1. The topological polar surface area (TPSA) is 49.9 Å². The number of carbonyl (C=O) groups excluding carboxylic acids is 1. The van der Waals surface area contributed by atoms with Gasteiger partial charge in [-0.05, 0) is 12.0 Å². The van der Waals surface area contributed by atoms with Gasteiger partial charge in [-0.15, -0.1) is 0 Å². The number of H-pyrrole nitrogens is 1. The zero-order chi connectivity index (χ0) is 12.3. The van der Waals surface area contributed by atoms with Gasteiger partial charge in [0.2, 0.25) is 0 Å². The number of hydrogen-bond donors (Lipinski definition) is 1. The van der Waals surface area contributed by atoms with Gasteiger partial charge >= 0.3 is 0 Å². The summed E-state index contributed by atoms with van der Waals surface area (Å²) in [4.78, 5) is 25.5. The quantitative estimate of drug-likeness (QED) is 0.590. The van der Waals surface area contributed by atoms with Crippen LogP contribution in [0.25, 0.3) is 0 Å². The molecule has 16 heavy (non-hydrogen) atoms. The molecule has 4 heteroatoms. The van der Waals surface area contributed by atoms with Gasteiger partial charge in [0.15, 0.2) is 5.78 Å². The van der Waals surface area contributed by atoms with Crippen molar-refractivity contribution in [2.75, 3.05) is 0 Å². The third kappa shape index (κ3) is 2.72. The summed E-state index contributed by atoms with van der Waals surface area (Å²) in [5.41, 5.74) is 1.35. The summed E-state index contributed by atoms with van der Waals surface area (Å²) in [5, 5.41) is 0. The van der Waals surface area contributed by atoms with Crippen LogP contribution in [0.4, 0.5) is 0 Å². The van der Waals surface area contributed by atoms with Crippen LogP contribution >= 0.6 is 0 Å². The summed E-state index contributed by atoms with van der Waals surface area (Å²) < 4.78 is 0. The van der Waals surface area contributed by atoms with Crippen molar-refractivity contribution in [2.24, 2.45) is 0 Å². The first kappa shape index (κ1) is 12.5. The molecule has 0 aliphatic heterocycles. The number of rotatable bonds is 4. The van der Waals surface area contributed by atoms with Crippen LogP contribution in [0.3, 0.4) is 0 Å². The Labute approximate surface area is 96.0 Å². The van der Waals surface area contributed by atoms with Crippen molar-refractivity contribution in [1.29, 1.82) is 0 Å². The Morgan fingerprint density at radius 2 is 2.25 bits per heavy atom. The second kappa shape index (κ2) is 4.97. The normalized spacial score (nSPS) is 10.4. The van der Waals surface area contributed by atoms with Crippen molar-refractivity contribution in [3.8, 4) is 0 Å². The molecule has 0 spiro atoms. The van der Waals surface area contributed by atoms with E-state index >= 15 is 0 Å².